The summed E-state index contributed by atoms with van der Waals surface area (Å²) in [7, 11) is 0. The highest BCUT2D eigenvalue weighted by Crippen LogP contribution is 2.41. The molecule has 3 aromatic rings. The average molecular weight is 405 g/mol. The van der Waals surface area contributed by atoms with E-state index >= 15 is 0 Å². The Morgan fingerprint density at radius 2 is 1.77 bits per heavy atom. The van der Waals surface area contributed by atoms with Crippen LogP contribution in [0, 0.1) is 0 Å². The molecule has 1 aromatic heterocycles. The van der Waals surface area contributed by atoms with Gasteiger partial charge in [0.2, 0.25) is 0 Å². The number of piperidine rings is 1. The summed E-state index contributed by atoms with van der Waals surface area (Å²) in [6.07, 6.45) is 3.71. The average Bonchev–Trinajstić information content (AvgIpc) is 2.77. The first kappa shape index (κ1) is 19.0. The lowest BCUT2D eigenvalue weighted by molar-refractivity contribution is -0.136. The van der Waals surface area contributed by atoms with Crippen molar-refractivity contribution < 1.29 is 19.4 Å². The summed E-state index contributed by atoms with van der Waals surface area (Å²) >= 11 is 0. The molecule has 5 rings (SSSR count). The molecule has 154 valence electrons. The van der Waals surface area contributed by atoms with E-state index in [-0.39, 0.29) is 24.8 Å². The number of morpholine rings is 1. The fourth-order valence-corrected chi connectivity index (χ4v) is 4.56. The maximum absolute atomic E-state index is 12.9. The normalized spacial score (nSPS) is 25.8. The molecule has 2 aromatic carbocycles. The smallest absolute Gasteiger partial charge is 0.410 e. The van der Waals surface area contributed by atoms with Crippen molar-refractivity contribution in [1.82, 2.24) is 14.9 Å². The fraction of sp³-hybridized carbons (Fsp3) is 0.348. The van der Waals surface area contributed by atoms with Crippen LogP contribution in [-0.4, -0.2) is 51.4 Å². The zero-order valence-corrected chi connectivity index (χ0v) is 16.5. The Bertz CT molecular complexity index is 1040. The van der Waals surface area contributed by atoms with E-state index in [0.29, 0.717) is 26.1 Å². The molecular formula is C23H23N3O4. The van der Waals surface area contributed by atoms with Crippen LogP contribution in [0.5, 0.6) is 0 Å². The van der Waals surface area contributed by atoms with Crippen LogP contribution in [0.15, 0.2) is 60.9 Å². The lowest BCUT2D eigenvalue weighted by Gasteiger charge is -2.51. The van der Waals surface area contributed by atoms with Crippen molar-refractivity contribution in [3.05, 3.63) is 72.1 Å². The van der Waals surface area contributed by atoms with Gasteiger partial charge in [-0.3, -0.25) is 14.9 Å². The van der Waals surface area contributed by atoms with Gasteiger partial charge in [-0.1, -0.05) is 36.4 Å². The fourth-order valence-electron chi connectivity index (χ4n) is 4.56. The first-order chi connectivity index (χ1) is 14.6. The quantitative estimate of drug-likeness (QED) is 0.721. The Labute approximate surface area is 174 Å². The van der Waals surface area contributed by atoms with Gasteiger partial charge in [0.05, 0.1) is 41.9 Å². The highest BCUT2D eigenvalue weighted by Gasteiger charge is 2.49. The molecule has 30 heavy (non-hydrogen) atoms. The van der Waals surface area contributed by atoms with Gasteiger partial charge in [0.1, 0.15) is 6.61 Å². The van der Waals surface area contributed by atoms with Gasteiger partial charge in [0, 0.05) is 25.2 Å². The topological polar surface area (TPSA) is 84.8 Å². The van der Waals surface area contributed by atoms with Crippen molar-refractivity contribution >= 4 is 17.1 Å². The van der Waals surface area contributed by atoms with Crippen molar-refractivity contribution in [2.24, 2.45) is 0 Å². The van der Waals surface area contributed by atoms with Gasteiger partial charge >= 0.3 is 6.09 Å². The van der Waals surface area contributed by atoms with Crippen LogP contribution in [0.3, 0.4) is 0 Å². The molecule has 2 aliphatic heterocycles. The van der Waals surface area contributed by atoms with E-state index in [1.165, 1.54) is 0 Å². The number of hydrogen-bond donors (Lipinski definition) is 1. The molecule has 2 unspecified atom stereocenters. The summed E-state index contributed by atoms with van der Waals surface area (Å²) in [5, 5.41) is 11.5. The van der Waals surface area contributed by atoms with Gasteiger partial charge < -0.3 is 14.6 Å². The van der Waals surface area contributed by atoms with Crippen molar-refractivity contribution in [3.63, 3.8) is 0 Å². The van der Waals surface area contributed by atoms with Crippen molar-refractivity contribution in [3.8, 4) is 0 Å². The monoisotopic (exact) mass is 405 g/mol. The molecule has 0 spiro atoms. The number of amides is 1. The van der Waals surface area contributed by atoms with Crippen LogP contribution in [0.2, 0.25) is 0 Å². The molecule has 0 radical (unpaired) electrons. The van der Waals surface area contributed by atoms with Crippen LogP contribution >= 0.6 is 0 Å². The number of ether oxygens (including phenoxy) is 2. The number of aliphatic hydroxyl groups is 1. The van der Waals surface area contributed by atoms with Crippen LogP contribution in [0.1, 0.15) is 24.0 Å². The number of nitrogens with zero attached hydrogens (tertiary/aromatic N) is 3. The Hall–Kier alpha value is -3.03. The minimum atomic E-state index is -1.05. The predicted octanol–water partition coefficient (Wildman–Crippen LogP) is 3.02. The summed E-state index contributed by atoms with van der Waals surface area (Å²) < 4.78 is 11.3. The van der Waals surface area contributed by atoms with Gasteiger partial charge in [-0.15, -0.1) is 0 Å². The van der Waals surface area contributed by atoms with Crippen molar-refractivity contribution in [1.29, 1.82) is 0 Å². The van der Waals surface area contributed by atoms with E-state index in [9.17, 15) is 9.90 Å². The molecule has 7 heteroatoms. The highest BCUT2D eigenvalue weighted by molar-refractivity contribution is 5.75. The van der Waals surface area contributed by atoms with Crippen LogP contribution in [0.25, 0.3) is 11.0 Å². The standard InChI is InChI=1S/C23H23N3O4/c27-22(30-13-16-4-2-1-3-5-16)26-18-11-23(28,12-19(26)15-29-14-18)17-6-7-20-21(10-17)25-9-8-24-20/h1-10,18-19,28H,11-15H2. The minimum absolute atomic E-state index is 0.226. The van der Waals surface area contributed by atoms with E-state index in [1.807, 2.05) is 48.5 Å². The van der Waals surface area contributed by atoms with Crippen LogP contribution in [0.4, 0.5) is 4.79 Å². The van der Waals surface area contributed by atoms with Gasteiger partial charge in [-0.25, -0.2) is 4.79 Å². The number of carbonyl (C=O) groups excluding carboxylic acids is 1. The molecule has 2 aliphatic rings. The lowest BCUT2D eigenvalue weighted by Crippen LogP contribution is -2.62. The summed E-state index contributed by atoms with van der Waals surface area (Å²) in [6, 6.07) is 14.8. The second-order valence-corrected chi connectivity index (χ2v) is 7.99. The number of carbonyl (C=O) groups is 1. The van der Waals surface area contributed by atoms with Gasteiger partial charge in [0.25, 0.3) is 0 Å². The summed E-state index contributed by atoms with van der Waals surface area (Å²) in [5.41, 5.74) is 2.22. The van der Waals surface area contributed by atoms with Crippen molar-refractivity contribution in [2.45, 2.75) is 37.1 Å². The van der Waals surface area contributed by atoms with Crippen LogP contribution in [-0.2, 0) is 21.7 Å². The van der Waals surface area contributed by atoms with Gasteiger partial charge in [0.15, 0.2) is 0 Å². The van der Waals surface area contributed by atoms with Crippen molar-refractivity contribution in [2.75, 3.05) is 13.2 Å². The first-order valence-corrected chi connectivity index (χ1v) is 10.1. The Balaban J connectivity index is 1.35. The number of rotatable bonds is 3. The molecule has 2 atom stereocenters. The molecule has 3 heterocycles. The SMILES string of the molecule is O=C(OCc1ccccc1)N1C2COCC1CC(O)(c1ccc3nccnc3c1)C2. The maximum Gasteiger partial charge on any atom is 0.410 e. The molecule has 1 N–H and O–H groups in total. The maximum atomic E-state index is 12.9. The zero-order valence-electron chi connectivity index (χ0n) is 16.5. The Morgan fingerprint density at radius 3 is 2.50 bits per heavy atom. The molecular weight excluding hydrogens is 382 g/mol. The van der Waals surface area contributed by atoms with E-state index < -0.39 is 5.60 Å². The lowest BCUT2D eigenvalue weighted by atomic mass is 9.77. The third-order valence-corrected chi connectivity index (χ3v) is 5.98. The molecule has 2 saturated heterocycles. The van der Waals surface area contributed by atoms with E-state index in [4.69, 9.17) is 9.47 Å². The Morgan fingerprint density at radius 1 is 1.07 bits per heavy atom. The molecule has 2 fully saturated rings. The van der Waals surface area contributed by atoms with E-state index in [2.05, 4.69) is 9.97 Å². The predicted molar refractivity (Wildman–Crippen MR) is 110 cm³/mol. The zero-order chi connectivity index (χ0) is 20.6. The summed E-state index contributed by atoms with van der Waals surface area (Å²) in [5.74, 6) is 0. The second-order valence-electron chi connectivity index (χ2n) is 7.99. The molecule has 7 nitrogen and oxygen atoms in total. The van der Waals surface area contributed by atoms with E-state index in [1.54, 1.807) is 17.3 Å². The second kappa shape index (κ2) is 7.66. The molecule has 2 bridgehead atoms. The van der Waals surface area contributed by atoms with Gasteiger partial charge in [-0.05, 0) is 23.3 Å². The molecule has 1 amide bonds. The minimum Gasteiger partial charge on any atom is -0.445 e. The molecule has 0 aliphatic carbocycles. The summed E-state index contributed by atoms with van der Waals surface area (Å²) in [4.78, 5) is 23.3. The summed E-state index contributed by atoms with van der Waals surface area (Å²) in [6.45, 7) is 0.989. The first-order valence-electron chi connectivity index (χ1n) is 10.1. The third kappa shape index (κ3) is 3.51. The largest absolute Gasteiger partial charge is 0.445 e. The number of benzene rings is 2. The molecule has 0 saturated carbocycles. The number of fused-ring (bicyclic) bond motifs is 3. The Kier molecular flexibility index (Phi) is 4.84. The van der Waals surface area contributed by atoms with Gasteiger partial charge in [-0.2, -0.15) is 0 Å². The highest BCUT2D eigenvalue weighted by atomic mass is 16.6. The van der Waals surface area contributed by atoms with E-state index in [0.717, 1.165) is 22.2 Å². The van der Waals surface area contributed by atoms with Crippen LogP contribution < -0.4 is 0 Å². The third-order valence-electron chi connectivity index (χ3n) is 5.98. The number of aromatic nitrogens is 2. The number of hydrogen-bond acceptors (Lipinski definition) is 6.